The molecule has 0 aliphatic heterocycles. The molecule has 1 aromatic heterocycles. The van der Waals surface area contributed by atoms with E-state index in [1.807, 2.05) is 30.3 Å². The highest BCUT2D eigenvalue weighted by Crippen LogP contribution is 2.36. The topological polar surface area (TPSA) is 42.2 Å². The Hall–Kier alpha value is -2.55. The number of nitrogens with zero attached hydrogens (tertiary/aromatic N) is 1. The molecule has 1 N–H and O–H groups in total. The van der Waals surface area contributed by atoms with E-state index in [2.05, 4.69) is 42.8 Å². The van der Waals surface area contributed by atoms with Crippen molar-refractivity contribution in [2.24, 2.45) is 0 Å². The zero-order chi connectivity index (χ0) is 17.1. The number of hydrogen-bond donors (Lipinski definition) is 1. The van der Waals surface area contributed by atoms with Crippen molar-refractivity contribution >= 4 is 16.9 Å². The van der Waals surface area contributed by atoms with Gasteiger partial charge in [-0.2, -0.15) is 0 Å². The van der Waals surface area contributed by atoms with Gasteiger partial charge in [-0.3, -0.25) is 4.79 Å². The first kappa shape index (κ1) is 16.3. The Balaban J connectivity index is 2.23. The summed E-state index contributed by atoms with van der Waals surface area (Å²) in [7, 11) is 0. The van der Waals surface area contributed by atoms with Crippen LogP contribution in [0.3, 0.4) is 0 Å². The summed E-state index contributed by atoms with van der Waals surface area (Å²) in [6.07, 6.45) is 3.21. The van der Waals surface area contributed by atoms with E-state index in [0.29, 0.717) is 0 Å². The number of carboxylic acids is 1. The fraction of sp³-hybridized carbons (Fsp3) is 0.286. The summed E-state index contributed by atoms with van der Waals surface area (Å²) < 4.78 is 2.25. The van der Waals surface area contributed by atoms with Crippen molar-refractivity contribution in [3.8, 4) is 0 Å². The summed E-state index contributed by atoms with van der Waals surface area (Å²) in [5.41, 5.74) is 4.71. The molecule has 0 aliphatic rings. The van der Waals surface area contributed by atoms with Gasteiger partial charge in [0.2, 0.25) is 0 Å². The second-order valence-corrected chi connectivity index (χ2v) is 6.10. The Morgan fingerprint density at radius 1 is 1.08 bits per heavy atom. The van der Waals surface area contributed by atoms with E-state index in [0.717, 1.165) is 24.1 Å². The fourth-order valence-corrected chi connectivity index (χ4v) is 3.55. The van der Waals surface area contributed by atoms with E-state index in [4.69, 9.17) is 0 Å². The molecule has 0 spiro atoms. The van der Waals surface area contributed by atoms with Crippen LogP contribution in [-0.4, -0.2) is 15.6 Å². The Morgan fingerprint density at radius 2 is 1.83 bits per heavy atom. The van der Waals surface area contributed by atoms with Gasteiger partial charge in [0.05, 0.1) is 11.9 Å². The number of hydrogen-bond acceptors (Lipinski definition) is 1. The number of aromatic nitrogens is 1. The summed E-state index contributed by atoms with van der Waals surface area (Å²) in [5.74, 6) is -0.904. The smallest absolute Gasteiger partial charge is 0.304 e. The average molecular weight is 321 g/mol. The molecular formula is C21H23NO2. The first-order chi connectivity index (χ1) is 11.7. The van der Waals surface area contributed by atoms with Gasteiger partial charge in [-0.1, -0.05) is 55.5 Å². The standard InChI is InChI=1S/C21H23NO2/c1-3-15-11-8-12-17-19(14-22(4-2)21(15)17)18(13-20(23)24)16-9-6-5-7-10-16/h5-12,14,18H,3-4,13H2,1-2H3,(H,23,24). The van der Waals surface area contributed by atoms with Crippen LogP contribution in [0.1, 0.15) is 42.9 Å². The molecule has 1 unspecified atom stereocenters. The van der Waals surface area contributed by atoms with E-state index < -0.39 is 5.97 Å². The molecule has 3 aromatic rings. The van der Waals surface area contributed by atoms with Crippen LogP contribution in [0.15, 0.2) is 54.7 Å². The molecule has 1 atom stereocenters. The number of aryl methyl sites for hydroxylation is 2. The van der Waals surface area contributed by atoms with E-state index in [9.17, 15) is 9.90 Å². The van der Waals surface area contributed by atoms with Gasteiger partial charge in [-0.05, 0) is 30.0 Å². The Kier molecular flexibility index (Phi) is 4.70. The largest absolute Gasteiger partial charge is 0.481 e. The molecule has 3 nitrogen and oxygen atoms in total. The molecule has 3 rings (SSSR count). The lowest BCUT2D eigenvalue weighted by atomic mass is 9.88. The maximum Gasteiger partial charge on any atom is 0.304 e. The van der Waals surface area contributed by atoms with Crippen LogP contribution >= 0.6 is 0 Å². The molecule has 1 heterocycles. The summed E-state index contributed by atoms with van der Waals surface area (Å²) in [5, 5.41) is 10.6. The minimum Gasteiger partial charge on any atom is -0.481 e. The first-order valence-electron chi connectivity index (χ1n) is 8.53. The second-order valence-electron chi connectivity index (χ2n) is 6.10. The summed E-state index contributed by atoms with van der Waals surface area (Å²) >= 11 is 0. The highest BCUT2D eigenvalue weighted by molar-refractivity contribution is 5.88. The zero-order valence-corrected chi connectivity index (χ0v) is 14.2. The van der Waals surface area contributed by atoms with Crippen LogP contribution < -0.4 is 0 Å². The van der Waals surface area contributed by atoms with Crippen LogP contribution in [0, 0.1) is 0 Å². The van der Waals surface area contributed by atoms with Crippen molar-refractivity contribution in [2.45, 2.75) is 39.2 Å². The lowest BCUT2D eigenvalue weighted by molar-refractivity contribution is -0.137. The zero-order valence-electron chi connectivity index (χ0n) is 14.2. The third-order valence-corrected chi connectivity index (χ3v) is 4.69. The van der Waals surface area contributed by atoms with Gasteiger partial charge in [0.1, 0.15) is 0 Å². The van der Waals surface area contributed by atoms with Gasteiger partial charge in [-0.15, -0.1) is 0 Å². The maximum atomic E-state index is 11.5. The molecular weight excluding hydrogens is 298 g/mol. The van der Waals surface area contributed by atoms with Gasteiger partial charge in [0.25, 0.3) is 0 Å². The minimum absolute atomic E-state index is 0.100. The maximum absolute atomic E-state index is 11.5. The minimum atomic E-state index is -0.770. The fourth-order valence-electron chi connectivity index (χ4n) is 3.55. The summed E-state index contributed by atoms with van der Waals surface area (Å²) in [4.78, 5) is 11.5. The van der Waals surface area contributed by atoms with Gasteiger partial charge in [-0.25, -0.2) is 0 Å². The predicted molar refractivity (Wildman–Crippen MR) is 97.5 cm³/mol. The van der Waals surface area contributed by atoms with Crippen LogP contribution in [-0.2, 0) is 17.8 Å². The number of fused-ring (bicyclic) bond motifs is 1. The quantitative estimate of drug-likeness (QED) is 0.706. The van der Waals surface area contributed by atoms with E-state index >= 15 is 0 Å². The Morgan fingerprint density at radius 3 is 2.46 bits per heavy atom. The number of para-hydroxylation sites is 1. The highest BCUT2D eigenvalue weighted by Gasteiger charge is 2.22. The normalized spacial score (nSPS) is 12.4. The van der Waals surface area contributed by atoms with E-state index in [1.165, 1.54) is 16.5 Å². The molecule has 0 saturated carbocycles. The summed E-state index contributed by atoms with van der Waals surface area (Å²) in [6.45, 7) is 5.17. The number of carboxylic acid groups (broad SMARTS) is 1. The number of benzene rings is 2. The van der Waals surface area contributed by atoms with Crippen LogP contribution in [0.2, 0.25) is 0 Å². The van der Waals surface area contributed by atoms with E-state index in [1.54, 1.807) is 0 Å². The molecule has 24 heavy (non-hydrogen) atoms. The van der Waals surface area contributed by atoms with Crippen molar-refractivity contribution in [1.82, 2.24) is 4.57 Å². The monoisotopic (exact) mass is 321 g/mol. The molecule has 0 bridgehead atoms. The molecule has 0 aliphatic carbocycles. The Labute approximate surface area is 142 Å². The number of aliphatic carboxylic acids is 1. The van der Waals surface area contributed by atoms with E-state index in [-0.39, 0.29) is 12.3 Å². The van der Waals surface area contributed by atoms with Crippen molar-refractivity contribution in [1.29, 1.82) is 0 Å². The van der Waals surface area contributed by atoms with Crippen molar-refractivity contribution in [3.05, 3.63) is 71.4 Å². The van der Waals surface area contributed by atoms with Crippen molar-refractivity contribution < 1.29 is 9.90 Å². The molecule has 0 saturated heterocycles. The molecule has 3 heteroatoms. The lowest BCUT2D eigenvalue weighted by Gasteiger charge is -2.15. The molecule has 0 radical (unpaired) electrons. The second kappa shape index (κ2) is 6.91. The van der Waals surface area contributed by atoms with Crippen molar-refractivity contribution in [3.63, 3.8) is 0 Å². The summed E-state index contributed by atoms with van der Waals surface area (Å²) in [6, 6.07) is 16.3. The van der Waals surface area contributed by atoms with Crippen LogP contribution in [0.5, 0.6) is 0 Å². The number of rotatable bonds is 6. The van der Waals surface area contributed by atoms with Crippen LogP contribution in [0.25, 0.3) is 10.9 Å². The van der Waals surface area contributed by atoms with Gasteiger partial charge in [0.15, 0.2) is 0 Å². The predicted octanol–water partition coefficient (Wildman–Crippen LogP) is 4.83. The highest BCUT2D eigenvalue weighted by atomic mass is 16.4. The van der Waals surface area contributed by atoms with Crippen molar-refractivity contribution in [2.75, 3.05) is 0 Å². The third-order valence-electron chi connectivity index (χ3n) is 4.69. The number of carbonyl (C=O) groups is 1. The molecule has 0 amide bonds. The Bertz CT molecular complexity index is 849. The SMILES string of the molecule is CCc1cccc2c(C(CC(=O)O)c3ccccc3)cn(CC)c12. The molecule has 124 valence electrons. The van der Waals surface area contributed by atoms with Gasteiger partial charge < -0.3 is 9.67 Å². The molecule has 0 fully saturated rings. The van der Waals surface area contributed by atoms with Crippen LogP contribution in [0.4, 0.5) is 0 Å². The molecule has 2 aromatic carbocycles. The lowest BCUT2D eigenvalue weighted by Crippen LogP contribution is -2.07. The first-order valence-corrected chi connectivity index (χ1v) is 8.53. The van der Waals surface area contributed by atoms with Gasteiger partial charge >= 0.3 is 5.97 Å². The average Bonchev–Trinajstić information content (AvgIpc) is 2.99. The van der Waals surface area contributed by atoms with Gasteiger partial charge in [0, 0.05) is 24.0 Å². The third kappa shape index (κ3) is 2.94.